The summed E-state index contributed by atoms with van der Waals surface area (Å²) in [5.74, 6) is 0.601. The number of carbonyl (C=O) groups is 1. The van der Waals surface area contributed by atoms with Crippen LogP contribution >= 0.6 is 0 Å². The number of pyridine rings is 2. The summed E-state index contributed by atoms with van der Waals surface area (Å²) < 4.78 is 0. The lowest BCUT2D eigenvalue weighted by Gasteiger charge is -2.46. The van der Waals surface area contributed by atoms with Crippen LogP contribution < -0.4 is 0 Å². The molecule has 2 aromatic heterocycles. The number of hydrogen-bond donors (Lipinski definition) is 0. The zero-order chi connectivity index (χ0) is 19.5. The van der Waals surface area contributed by atoms with Crippen molar-refractivity contribution in [3.05, 3.63) is 72.2 Å². The van der Waals surface area contributed by atoms with E-state index in [1.165, 1.54) is 5.56 Å². The number of rotatable bonds is 6. The number of aromatic nitrogens is 2. The fourth-order valence-electron chi connectivity index (χ4n) is 3.73. The molecule has 1 saturated heterocycles. The van der Waals surface area contributed by atoms with E-state index in [2.05, 4.69) is 40.8 Å². The molecule has 1 amide bonds. The Bertz CT molecular complexity index is 951. The number of amides is 1. The van der Waals surface area contributed by atoms with Crippen molar-refractivity contribution in [1.29, 1.82) is 0 Å². The van der Waals surface area contributed by atoms with Crippen LogP contribution in [0.2, 0.25) is 0 Å². The van der Waals surface area contributed by atoms with Gasteiger partial charge in [0.1, 0.15) is 5.69 Å². The standard InChI is InChI=1S/C23H26N4O/c1-17(2)13-26(14-18-9-11-24-12-10-18)20-15-27(16-20)23(28)22-8-7-19-5-3-4-6-21(19)25-22/h3-12,17,20H,13-16H2,1-2H3. The summed E-state index contributed by atoms with van der Waals surface area (Å²) in [7, 11) is 0. The molecule has 1 aromatic carbocycles. The topological polar surface area (TPSA) is 49.3 Å². The molecule has 0 aliphatic carbocycles. The lowest BCUT2D eigenvalue weighted by atomic mass is 10.0. The minimum Gasteiger partial charge on any atom is -0.334 e. The zero-order valence-electron chi connectivity index (χ0n) is 16.5. The molecule has 4 rings (SSSR count). The summed E-state index contributed by atoms with van der Waals surface area (Å²) in [4.78, 5) is 25.9. The van der Waals surface area contributed by atoms with Crippen molar-refractivity contribution < 1.29 is 4.79 Å². The normalized spacial score (nSPS) is 14.6. The van der Waals surface area contributed by atoms with Gasteiger partial charge in [-0.05, 0) is 35.7 Å². The average Bonchev–Trinajstić information content (AvgIpc) is 2.66. The zero-order valence-corrected chi connectivity index (χ0v) is 16.5. The maximum atomic E-state index is 12.9. The van der Waals surface area contributed by atoms with Crippen LogP contribution in [0, 0.1) is 5.92 Å². The smallest absolute Gasteiger partial charge is 0.272 e. The molecule has 5 heteroatoms. The van der Waals surface area contributed by atoms with Crippen LogP contribution in [0.3, 0.4) is 0 Å². The van der Waals surface area contributed by atoms with Gasteiger partial charge < -0.3 is 4.90 Å². The van der Waals surface area contributed by atoms with Gasteiger partial charge in [-0.1, -0.05) is 38.1 Å². The summed E-state index contributed by atoms with van der Waals surface area (Å²) in [6.07, 6.45) is 3.68. The van der Waals surface area contributed by atoms with Gasteiger partial charge in [0.15, 0.2) is 0 Å². The van der Waals surface area contributed by atoms with Crippen molar-refractivity contribution in [2.75, 3.05) is 19.6 Å². The molecule has 3 heterocycles. The molecule has 0 saturated carbocycles. The van der Waals surface area contributed by atoms with E-state index in [4.69, 9.17) is 0 Å². The predicted molar refractivity (Wildman–Crippen MR) is 111 cm³/mol. The summed E-state index contributed by atoms with van der Waals surface area (Å²) >= 11 is 0. The van der Waals surface area contributed by atoms with Crippen LogP contribution in [0.15, 0.2) is 60.9 Å². The number of likely N-dealkylation sites (tertiary alicyclic amines) is 1. The second kappa shape index (κ2) is 8.07. The van der Waals surface area contributed by atoms with Crippen LogP contribution in [0.25, 0.3) is 10.9 Å². The molecule has 1 aliphatic heterocycles. The van der Waals surface area contributed by atoms with Gasteiger partial charge in [-0.15, -0.1) is 0 Å². The Morgan fingerprint density at radius 3 is 2.61 bits per heavy atom. The Morgan fingerprint density at radius 1 is 1.11 bits per heavy atom. The third kappa shape index (κ3) is 4.04. The first-order chi connectivity index (χ1) is 13.6. The van der Waals surface area contributed by atoms with Gasteiger partial charge in [0.2, 0.25) is 0 Å². The monoisotopic (exact) mass is 374 g/mol. The summed E-state index contributed by atoms with van der Waals surface area (Å²) in [6, 6.07) is 16.2. The van der Waals surface area contributed by atoms with E-state index >= 15 is 0 Å². The number of benzene rings is 1. The summed E-state index contributed by atoms with van der Waals surface area (Å²) in [5.41, 5.74) is 2.66. The van der Waals surface area contributed by atoms with Crippen LogP contribution in [0.5, 0.6) is 0 Å². The van der Waals surface area contributed by atoms with Gasteiger partial charge in [0.25, 0.3) is 5.91 Å². The van der Waals surface area contributed by atoms with Gasteiger partial charge in [-0.25, -0.2) is 4.98 Å². The highest BCUT2D eigenvalue weighted by Crippen LogP contribution is 2.22. The molecule has 144 valence electrons. The third-order valence-electron chi connectivity index (χ3n) is 5.22. The highest BCUT2D eigenvalue weighted by Gasteiger charge is 2.35. The molecule has 1 aliphatic rings. The maximum Gasteiger partial charge on any atom is 0.272 e. The summed E-state index contributed by atoms with van der Waals surface area (Å²) in [6.45, 7) is 7.89. The molecule has 0 bridgehead atoms. The first-order valence-electron chi connectivity index (χ1n) is 9.88. The molecular weight excluding hydrogens is 348 g/mol. The average molecular weight is 374 g/mol. The summed E-state index contributed by atoms with van der Waals surface area (Å²) in [5, 5.41) is 1.06. The largest absolute Gasteiger partial charge is 0.334 e. The Balaban J connectivity index is 1.42. The van der Waals surface area contributed by atoms with E-state index in [1.54, 1.807) is 0 Å². The van der Waals surface area contributed by atoms with Gasteiger partial charge in [0.05, 0.1) is 5.52 Å². The first-order valence-corrected chi connectivity index (χ1v) is 9.88. The van der Waals surface area contributed by atoms with E-state index in [9.17, 15) is 4.79 Å². The minimum atomic E-state index is 0.0235. The van der Waals surface area contributed by atoms with Crippen LogP contribution in [0.1, 0.15) is 29.9 Å². The quantitative estimate of drug-likeness (QED) is 0.661. The van der Waals surface area contributed by atoms with Gasteiger partial charge in [0, 0.05) is 50.0 Å². The van der Waals surface area contributed by atoms with E-state index in [1.807, 2.05) is 53.7 Å². The number of fused-ring (bicyclic) bond motifs is 1. The number of nitrogens with zero attached hydrogens (tertiary/aromatic N) is 4. The fraction of sp³-hybridized carbons (Fsp3) is 0.348. The second-order valence-electron chi connectivity index (χ2n) is 7.93. The van der Waals surface area contributed by atoms with Gasteiger partial charge in [-0.3, -0.25) is 14.7 Å². The Morgan fingerprint density at radius 2 is 1.86 bits per heavy atom. The van der Waals surface area contributed by atoms with Crippen LogP contribution in [-0.2, 0) is 6.54 Å². The van der Waals surface area contributed by atoms with Crippen molar-refractivity contribution in [2.45, 2.75) is 26.4 Å². The van der Waals surface area contributed by atoms with E-state index < -0.39 is 0 Å². The van der Waals surface area contributed by atoms with Crippen molar-refractivity contribution in [2.24, 2.45) is 5.92 Å². The number of carbonyl (C=O) groups excluding carboxylic acids is 1. The first kappa shape index (κ1) is 18.6. The third-order valence-corrected chi connectivity index (χ3v) is 5.22. The SMILES string of the molecule is CC(C)CN(Cc1ccncc1)C1CN(C(=O)c2ccc3ccccc3n2)C1. The molecule has 0 atom stereocenters. The maximum absolute atomic E-state index is 12.9. The minimum absolute atomic E-state index is 0.0235. The number of para-hydroxylation sites is 1. The van der Waals surface area contributed by atoms with Gasteiger partial charge >= 0.3 is 0 Å². The molecule has 28 heavy (non-hydrogen) atoms. The molecule has 0 radical (unpaired) electrons. The lowest BCUT2D eigenvalue weighted by Crippen LogP contribution is -2.61. The lowest BCUT2D eigenvalue weighted by molar-refractivity contribution is 0.0193. The van der Waals surface area contributed by atoms with E-state index in [0.29, 0.717) is 17.7 Å². The van der Waals surface area contributed by atoms with Crippen LogP contribution in [-0.4, -0.2) is 51.4 Å². The molecule has 1 fully saturated rings. The Kier molecular flexibility index (Phi) is 5.35. The molecule has 5 nitrogen and oxygen atoms in total. The predicted octanol–water partition coefficient (Wildman–Crippen LogP) is 3.61. The number of hydrogen-bond acceptors (Lipinski definition) is 4. The fourth-order valence-corrected chi connectivity index (χ4v) is 3.73. The molecular formula is C23H26N4O. The highest BCUT2D eigenvalue weighted by atomic mass is 16.2. The van der Waals surface area contributed by atoms with Crippen molar-refractivity contribution >= 4 is 16.8 Å². The molecule has 3 aromatic rings. The molecule has 0 spiro atoms. The molecule has 0 unspecified atom stereocenters. The van der Waals surface area contributed by atoms with Gasteiger partial charge in [-0.2, -0.15) is 0 Å². The van der Waals surface area contributed by atoms with Crippen LogP contribution in [0.4, 0.5) is 0 Å². The van der Waals surface area contributed by atoms with Crippen molar-refractivity contribution in [3.63, 3.8) is 0 Å². The van der Waals surface area contributed by atoms with Crippen molar-refractivity contribution in [3.8, 4) is 0 Å². The molecule has 0 N–H and O–H groups in total. The van der Waals surface area contributed by atoms with E-state index in [0.717, 1.165) is 37.1 Å². The highest BCUT2D eigenvalue weighted by molar-refractivity contribution is 5.95. The second-order valence-corrected chi connectivity index (χ2v) is 7.93. The van der Waals surface area contributed by atoms with Crippen molar-refractivity contribution in [1.82, 2.24) is 19.8 Å². The van der Waals surface area contributed by atoms with E-state index in [-0.39, 0.29) is 5.91 Å². The Hall–Kier alpha value is -2.79. The Labute approximate surface area is 166 Å².